The standard InChI is InChI=1S/C19H27ClN6O2/c1-11-4-6-13(7-5-11)26-12(2)16-18(25-26)28-10-14(27-3)8-21-17-15(20)9-22-19(23-16)24-17/h9,11,13-14H,4-8,10H2,1-3H3,(H2,21,22,23,24). The summed E-state index contributed by atoms with van der Waals surface area (Å²) in [5.74, 6) is 2.36. The van der Waals surface area contributed by atoms with E-state index in [9.17, 15) is 0 Å². The van der Waals surface area contributed by atoms with Crippen molar-refractivity contribution in [2.45, 2.75) is 51.7 Å². The lowest BCUT2D eigenvalue weighted by Crippen LogP contribution is -2.29. The molecule has 2 aromatic heterocycles. The summed E-state index contributed by atoms with van der Waals surface area (Å²) < 4.78 is 13.7. The number of rotatable bonds is 2. The van der Waals surface area contributed by atoms with Crippen LogP contribution < -0.4 is 15.4 Å². The summed E-state index contributed by atoms with van der Waals surface area (Å²) in [6.45, 7) is 5.27. The second-order valence-corrected chi connectivity index (χ2v) is 8.10. The highest BCUT2D eigenvalue weighted by Crippen LogP contribution is 2.38. The number of hydrogen-bond acceptors (Lipinski definition) is 7. The van der Waals surface area contributed by atoms with Crippen LogP contribution in [0.1, 0.15) is 44.3 Å². The van der Waals surface area contributed by atoms with Crippen molar-refractivity contribution in [2.24, 2.45) is 5.92 Å². The Morgan fingerprint density at radius 3 is 2.82 bits per heavy atom. The number of fused-ring (bicyclic) bond motifs is 3. The fourth-order valence-corrected chi connectivity index (χ4v) is 3.99. The number of methoxy groups -OCH3 is 1. The molecule has 1 aliphatic heterocycles. The molecule has 0 spiro atoms. The second-order valence-electron chi connectivity index (χ2n) is 7.69. The van der Waals surface area contributed by atoms with E-state index in [2.05, 4.69) is 39.1 Å². The van der Waals surface area contributed by atoms with E-state index in [1.165, 1.54) is 12.8 Å². The Morgan fingerprint density at radius 2 is 2.07 bits per heavy atom. The minimum absolute atomic E-state index is 0.165. The first-order chi connectivity index (χ1) is 13.5. The number of nitrogens with one attached hydrogen (secondary N) is 2. The lowest BCUT2D eigenvalue weighted by Gasteiger charge is -2.27. The summed E-state index contributed by atoms with van der Waals surface area (Å²) in [5, 5.41) is 11.8. The Hall–Kier alpha value is -2.06. The van der Waals surface area contributed by atoms with Crippen LogP contribution in [0.4, 0.5) is 17.5 Å². The van der Waals surface area contributed by atoms with E-state index >= 15 is 0 Å². The third-order valence-electron chi connectivity index (χ3n) is 5.67. The fraction of sp³-hybridized carbons (Fsp3) is 0.632. The van der Waals surface area contributed by atoms with Gasteiger partial charge in [-0.1, -0.05) is 18.5 Å². The highest BCUT2D eigenvalue weighted by molar-refractivity contribution is 6.32. The van der Waals surface area contributed by atoms with Crippen LogP contribution in [0.2, 0.25) is 5.02 Å². The second kappa shape index (κ2) is 8.13. The summed E-state index contributed by atoms with van der Waals surface area (Å²) in [7, 11) is 1.66. The molecule has 8 nitrogen and oxygen atoms in total. The maximum absolute atomic E-state index is 6.23. The van der Waals surface area contributed by atoms with Crippen molar-refractivity contribution in [3.05, 3.63) is 16.9 Å². The van der Waals surface area contributed by atoms with Gasteiger partial charge < -0.3 is 20.1 Å². The number of nitrogens with zero attached hydrogens (tertiary/aromatic N) is 4. The Morgan fingerprint density at radius 1 is 1.29 bits per heavy atom. The molecule has 0 amide bonds. The van der Waals surface area contributed by atoms with Crippen LogP contribution in [0.15, 0.2) is 6.20 Å². The van der Waals surface area contributed by atoms with Gasteiger partial charge in [-0.2, -0.15) is 4.98 Å². The minimum Gasteiger partial charge on any atom is -0.472 e. The van der Waals surface area contributed by atoms with Crippen molar-refractivity contribution in [1.29, 1.82) is 0 Å². The zero-order valence-electron chi connectivity index (χ0n) is 16.5. The van der Waals surface area contributed by atoms with Crippen molar-refractivity contribution < 1.29 is 9.47 Å². The van der Waals surface area contributed by atoms with Crippen LogP contribution in [0, 0.1) is 12.8 Å². The Balaban J connectivity index is 1.70. The van der Waals surface area contributed by atoms with Crippen molar-refractivity contribution in [3.63, 3.8) is 0 Å². The molecule has 1 saturated carbocycles. The normalized spacial score (nSPS) is 24.9. The smallest absolute Gasteiger partial charge is 0.257 e. The molecular formula is C19H27ClN6O2. The van der Waals surface area contributed by atoms with E-state index in [0.29, 0.717) is 41.9 Å². The predicted molar refractivity (Wildman–Crippen MR) is 109 cm³/mol. The quantitative estimate of drug-likeness (QED) is 0.780. The molecule has 2 aromatic rings. The van der Waals surface area contributed by atoms with E-state index in [0.717, 1.165) is 30.1 Å². The third-order valence-corrected chi connectivity index (χ3v) is 5.94. The van der Waals surface area contributed by atoms with E-state index in [1.807, 2.05) is 0 Å². The van der Waals surface area contributed by atoms with Gasteiger partial charge in [-0.05, 0) is 38.5 Å². The molecule has 0 radical (unpaired) electrons. The summed E-state index contributed by atoms with van der Waals surface area (Å²) in [6.07, 6.45) is 6.14. The summed E-state index contributed by atoms with van der Waals surface area (Å²) >= 11 is 6.23. The molecule has 9 heteroatoms. The Kier molecular flexibility index (Phi) is 5.59. The molecule has 2 aliphatic rings. The van der Waals surface area contributed by atoms with Gasteiger partial charge in [0.15, 0.2) is 5.82 Å². The molecule has 4 rings (SSSR count). The van der Waals surface area contributed by atoms with Crippen LogP contribution in [0.5, 0.6) is 5.88 Å². The van der Waals surface area contributed by atoms with Crippen molar-refractivity contribution in [1.82, 2.24) is 19.7 Å². The van der Waals surface area contributed by atoms with E-state index in [1.54, 1.807) is 13.3 Å². The molecule has 1 unspecified atom stereocenters. The maximum Gasteiger partial charge on any atom is 0.257 e. The van der Waals surface area contributed by atoms with Gasteiger partial charge in [0.1, 0.15) is 23.4 Å². The molecule has 2 N–H and O–H groups in total. The summed E-state index contributed by atoms with van der Waals surface area (Å²) in [5.41, 5.74) is 1.82. The largest absolute Gasteiger partial charge is 0.472 e. The van der Waals surface area contributed by atoms with Gasteiger partial charge in [0, 0.05) is 13.7 Å². The summed E-state index contributed by atoms with van der Waals surface area (Å²) in [6, 6.07) is 0.392. The molecular weight excluding hydrogens is 380 g/mol. The van der Waals surface area contributed by atoms with Gasteiger partial charge in [0.2, 0.25) is 5.95 Å². The van der Waals surface area contributed by atoms with Crippen LogP contribution in [-0.4, -0.2) is 46.1 Å². The van der Waals surface area contributed by atoms with Crippen molar-refractivity contribution in [2.75, 3.05) is 30.9 Å². The first-order valence-corrected chi connectivity index (χ1v) is 10.2. The predicted octanol–water partition coefficient (Wildman–Crippen LogP) is 3.95. The lowest BCUT2D eigenvalue weighted by molar-refractivity contribution is 0.0654. The molecule has 28 heavy (non-hydrogen) atoms. The average Bonchev–Trinajstić information content (AvgIpc) is 2.99. The fourth-order valence-electron chi connectivity index (χ4n) is 3.84. The number of anilines is 3. The van der Waals surface area contributed by atoms with Crippen molar-refractivity contribution >= 4 is 29.1 Å². The molecule has 3 heterocycles. The number of aromatic nitrogens is 4. The van der Waals surface area contributed by atoms with E-state index in [4.69, 9.17) is 26.2 Å². The summed E-state index contributed by atoms with van der Waals surface area (Å²) in [4.78, 5) is 8.81. The zero-order valence-corrected chi connectivity index (χ0v) is 17.3. The van der Waals surface area contributed by atoms with Gasteiger partial charge >= 0.3 is 0 Å². The topological polar surface area (TPSA) is 86.1 Å². The maximum atomic E-state index is 6.23. The Bertz CT molecular complexity index is 834. The molecule has 2 bridgehead atoms. The molecule has 0 aromatic carbocycles. The first-order valence-electron chi connectivity index (χ1n) is 9.83. The minimum atomic E-state index is -0.165. The van der Waals surface area contributed by atoms with Crippen LogP contribution in [-0.2, 0) is 4.74 Å². The lowest BCUT2D eigenvalue weighted by atomic mass is 9.87. The van der Waals surface area contributed by atoms with Gasteiger partial charge in [-0.3, -0.25) is 4.68 Å². The highest BCUT2D eigenvalue weighted by atomic mass is 35.5. The van der Waals surface area contributed by atoms with E-state index in [-0.39, 0.29) is 6.10 Å². The zero-order chi connectivity index (χ0) is 19.7. The number of ether oxygens (including phenoxy) is 2. The third kappa shape index (κ3) is 3.89. The number of halogens is 1. The van der Waals surface area contributed by atoms with Crippen LogP contribution >= 0.6 is 11.6 Å². The van der Waals surface area contributed by atoms with Gasteiger partial charge in [-0.25, -0.2) is 4.98 Å². The Labute approximate surface area is 170 Å². The van der Waals surface area contributed by atoms with Gasteiger partial charge in [0.25, 0.3) is 5.88 Å². The van der Waals surface area contributed by atoms with Gasteiger partial charge in [0.05, 0.1) is 17.9 Å². The van der Waals surface area contributed by atoms with Crippen LogP contribution in [0.25, 0.3) is 0 Å². The molecule has 152 valence electrons. The van der Waals surface area contributed by atoms with E-state index < -0.39 is 0 Å². The van der Waals surface area contributed by atoms with Crippen LogP contribution in [0.3, 0.4) is 0 Å². The molecule has 1 fully saturated rings. The molecule has 1 atom stereocenters. The highest BCUT2D eigenvalue weighted by Gasteiger charge is 2.27. The molecule has 0 saturated heterocycles. The monoisotopic (exact) mass is 406 g/mol. The SMILES string of the molecule is COC1CNc2nc(ncc2Cl)Nc2c(nn(C3CCC(C)CC3)c2C)OC1. The first kappa shape index (κ1) is 19.3. The van der Waals surface area contributed by atoms with Gasteiger partial charge in [-0.15, -0.1) is 5.10 Å². The average molecular weight is 407 g/mol. The number of hydrogen-bond donors (Lipinski definition) is 2. The van der Waals surface area contributed by atoms with Crippen molar-refractivity contribution in [3.8, 4) is 5.88 Å². The molecule has 1 aliphatic carbocycles.